The standard InChI is InChI=1S/C59H108O6/c1-4-7-10-13-16-18-20-21-22-23-24-25-26-27-28-29-30-31-32-33-34-35-36-37-39-40-43-46-49-52-58(61)64-55-56(54-63-57(60)51-48-45-42-15-12-9-6-3)65-59(62)53-50-47-44-41-38-19-17-14-11-8-5-2/h20-21,23-24,26-27,56H,4-19,22,25,28-55H2,1-3H3/b21-20-,24-23-,27-26-. The highest BCUT2D eigenvalue weighted by molar-refractivity contribution is 5.71. The molecule has 0 fully saturated rings. The SMILES string of the molecule is CCCCCCC/C=C\C/C=C\C/C=C\CCCCCCCCCCCCCCCCC(=O)OCC(COC(=O)CCCCCCCCC)OC(=O)CCCCCCCCCCCCC. The molecule has 0 N–H and O–H groups in total. The van der Waals surface area contributed by atoms with Crippen molar-refractivity contribution in [3.8, 4) is 0 Å². The zero-order chi connectivity index (χ0) is 47.2. The highest BCUT2D eigenvalue weighted by atomic mass is 16.6. The van der Waals surface area contributed by atoms with Gasteiger partial charge in [-0.25, -0.2) is 0 Å². The van der Waals surface area contributed by atoms with Crippen molar-refractivity contribution in [3.05, 3.63) is 36.5 Å². The Kier molecular flexibility index (Phi) is 52.3. The smallest absolute Gasteiger partial charge is 0.306 e. The van der Waals surface area contributed by atoms with Gasteiger partial charge in [-0.3, -0.25) is 14.4 Å². The van der Waals surface area contributed by atoms with E-state index in [1.165, 1.54) is 193 Å². The van der Waals surface area contributed by atoms with Crippen molar-refractivity contribution in [1.82, 2.24) is 0 Å². The van der Waals surface area contributed by atoms with Crippen molar-refractivity contribution in [3.63, 3.8) is 0 Å². The lowest BCUT2D eigenvalue weighted by Gasteiger charge is -2.18. The number of hydrogen-bond acceptors (Lipinski definition) is 6. The van der Waals surface area contributed by atoms with E-state index in [1.54, 1.807) is 0 Å². The molecule has 0 aliphatic heterocycles. The molecule has 0 aromatic heterocycles. The first-order chi connectivity index (χ1) is 32.0. The van der Waals surface area contributed by atoms with Crippen LogP contribution in [0.2, 0.25) is 0 Å². The van der Waals surface area contributed by atoms with Crippen LogP contribution in [0.25, 0.3) is 0 Å². The van der Waals surface area contributed by atoms with Gasteiger partial charge < -0.3 is 14.2 Å². The molecular weight excluding hydrogens is 805 g/mol. The summed E-state index contributed by atoms with van der Waals surface area (Å²) in [6.45, 7) is 6.60. The average molecular weight is 914 g/mol. The van der Waals surface area contributed by atoms with E-state index in [1.807, 2.05) is 0 Å². The van der Waals surface area contributed by atoms with Gasteiger partial charge in [-0.15, -0.1) is 0 Å². The van der Waals surface area contributed by atoms with Crippen LogP contribution >= 0.6 is 0 Å². The molecule has 0 aromatic carbocycles. The molecule has 0 heterocycles. The fourth-order valence-corrected chi connectivity index (χ4v) is 8.33. The lowest BCUT2D eigenvalue weighted by Crippen LogP contribution is -2.30. The number of carbonyl (C=O) groups excluding carboxylic acids is 3. The second-order valence-electron chi connectivity index (χ2n) is 19.2. The first-order valence-electron chi connectivity index (χ1n) is 28.5. The zero-order valence-corrected chi connectivity index (χ0v) is 43.5. The molecule has 380 valence electrons. The average Bonchev–Trinajstić information content (AvgIpc) is 3.30. The predicted octanol–water partition coefficient (Wildman–Crippen LogP) is 18.9. The van der Waals surface area contributed by atoms with Gasteiger partial charge in [0.25, 0.3) is 0 Å². The molecule has 6 nitrogen and oxygen atoms in total. The molecule has 0 aliphatic carbocycles. The van der Waals surface area contributed by atoms with Crippen LogP contribution in [0, 0.1) is 0 Å². The lowest BCUT2D eigenvalue weighted by atomic mass is 10.0. The van der Waals surface area contributed by atoms with E-state index in [9.17, 15) is 14.4 Å². The van der Waals surface area contributed by atoms with E-state index in [0.717, 1.165) is 70.6 Å². The van der Waals surface area contributed by atoms with Gasteiger partial charge in [0.15, 0.2) is 6.10 Å². The summed E-state index contributed by atoms with van der Waals surface area (Å²) in [6.07, 6.45) is 64.6. The molecule has 0 radical (unpaired) electrons. The lowest BCUT2D eigenvalue weighted by molar-refractivity contribution is -0.167. The Balaban J connectivity index is 4.01. The third kappa shape index (κ3) is 52.5. The molecule has 0 bridgehead atoms. The Morgan fingerprint density at radius 3 is 0.862 bits per heavy atom. The number of allylic oxidation sites excluding steroid dienone is 6. The summed E-state index contributed by atoms with van der Waals surface area (Å²) < 4.78 is 16.7. The van der Waals surface area contributed by atoms with Crippen molar-refractivity contribution in [2.75, 3.05) is 13.2 Å². The Morgan fingerprint density at radius 1 is 0.308 bits per heavy atom. The Bertz CT molecular complexity index is 1090. The fourth-order valence-electron chi connectivity index (χ4n) is 8.33. The molecule has 0 amide bonds. The van der Waals surface area contributed by atoms with Gasteiger partial charge in [0.2, 0.25) is 0 Å². The molecule has 0 saturated heterocycles. The van der Waals surface area contributed by atoms with Gasteiger partial charge in [0, 0.05) is 19.3 Å². The maximum absolute atomic E-state index is 12.7. The second kappa shape index (κ2) is 54.2. The minimum Gasteiger partial charge on any atom is -0.462 e. The van der Waals surface area contributed by atoms with E-state index >= 15 is 0 Å². The van der Waals surface area contributed by atoms with Crippen molar-refractivity contribution in [2.24, 2.45) is 0 Å². The van der Waals surface area contributed by atoms with Crippen LogP contribution in [0.3, 0.4) is 0 Å². The number of ether oxygens (including phenoxy) is 3. The first-order valence-corrected chi connectivity index (χ1v) is 28.5. The molecule has 0 rings (SSSR count). The summed E-state index contributed by atoms with van der Waals surface area (Å²) in [5.41, 5.74) is 0. The van der Waals surface area contributed by atoms with E-state index in [2.05, 4.69) is 57.2 Å². The molecule has 0 saturated carbocycles. The highest BCUT2D eigenvalue weighted by Gasteiger charge is 2.19. The monoisotopic (exact) mass is 913 g/mol. The zero-order valence-electron chi connectivity index (χ0n) is 43.5. The van der Waals surface area contributed by atoms with Gasteiger partial charge in [0.05, 0.1) is 0 Å². The maximum Gasteiger partial charge on any atom is 0.306 e. The molecule has 6 heteroatoms. The number of unbranched alkanes of at least 4 members (excludes halogenated alkanes) is 35. The van der Waals surface area contributed by atoms with Crippen LogP contribution in [0.15, 0.2) is 36.5 Å². The first kappa shape index (κ1) is 62.6. The van der Waals surface area contributed by atoms with Crippen molar-refractivity contribution in [2.45, 2.75) is 309 Å². The van der Waals surface area contributed by atoms with E-state index in [0.29, 0.717) is 19.3 Å². The van der Waals surface area contributed by atoms with Gasteiger partial charge in [-0.05, 0) is 57.8 Å². The number of rotatable bonds is 52. The minimum atomic E-state index is -0.764. The summed E-state index contributed by atoms with van der Waals surface area (Å²) in [7, 11) is 0. The van der Waals surface area contributed by atoms with Crippen LogP contribution in [-0.4, -0.2) is 37.2 Å². The molecule has 0 aromatic rings. The third-order valence-corrected chi connectivity index (χ3v) is 12.6. The minimum absolute atomic E-state index is 0.0680. The van der Waals surface area contributed by atoms with Crippen LogP contribution in [0.4, 0.5) is 0 Å². The summed E-state index contributed by atoms with van der Waals surface area (Å²) in [6, 6.07) is 0. The summed E-state index contributed by atoms with van der Waals surface area (Å²) in [4.78, 5) is 37.8. The fraction of sp³-hybridized carbons (Fsp3) is 0.847. The quantitative estimate of drug-likeness (QED) is 0.0262. The molecule has 1 atom stereocenters. The van der Waals surface area contributed by atoms with E-state index in [4.69, 9.17) is 14.2 Å². The summed E-state index contributed by atoms with van der Waals surface area (Å²) in [5, 5.41) is 0. The number of hydrogen-bond donors (Lipinski definition) is 0. The Labute approximate surface area is 404 Å². The number of esters is 3. The molecule has 1 unspecified atom stereocenters. The molecule has 65 heavy (non-hydrogen) atoms. The van der Waals surface area contributed by atoms with Gasteiger partial charge in [0.1, 0.15) is 13.2 Å². The second-order valence-corrected chi connectivity index (χ2v) is 19.2. The highest BCUT2D eigenvalue weighted by Crippen LogP contribution is 2.16. The molecule has 0 aliphatic rings. The van der Waals surface area contributed by atoms with Crippen LogP contribution in [-0.2, 0) is 28.6 Å². The Hall–Kier alpha value is -2.37. The third-order valence-electron chi connectivity index (χ3n) is 12.6. The predicted molar refractivity (Wildman–Crippen MR) is 279 cm³/mol. The maximum atomic E-state index is 12.7. The van der Waals surface area contributed by atoms with Gasteiger partial charge >= 0.3 is 17.9 Å². The largest absolute Gasteiger partial charge is 0.462 e. The van der Waals surface area contributed by atoms with Crippen molar-refractivity contribution >= 4 is 17.9 Å². The molecule has 0 spiro atoms. The van der Waals surface area contributed by atoms with Crippen molar-refractivity contribution < 1.29 is 28.6 Å². The normalized spacial score (nSPS) is 12.2. The van der Waals surface area contributed by atoms with Crippen molar-refractivity contribution in [1.29, 1.82) is 0 Å². The molecular formula is C59H108O6. The van der Waals surface area contributed by atoms with Gasteiger partial charge in [-0.2, -0.15) is 0 Å². The summed E-state index contributed by atoms with van der Waals surface area (Å²) in [5.74, 6) is -0.863. The van der Waals surface area contributed by atoms with Crippen LogP contribution < -0.4 is 0 Å². The van der Waals surface area contributed by atoms with E-state index < -0.39 is 6.10 Å². The van der Waals surface area contributed by atoms with Gasteiger partial charge in [-0.1, -0.05) is 263 Å². The Morgan fingerprint density at radius 2 is 0.554 bits per heavy atom. The number of carbonyl (C=O) groups is 3. The topological polar surface area (TPSA) is 78.9 Å². The van der Waals surface area contributed by atoms with Crippen LogP contribution in [0.5, 0.6) is 0 Å². The van der Waals surface area contributed by atoms with E-state index in [-0.39, 0.29) is 31.1 Å². The van der Waals surface area contributed by atoms with Crippen LogP contribution in [0.1, 0.15) is 303 Å². The summed E-state index contributed by atoms with van der Waals surface area (Å²) >= 11 is 0.